The van der Waals surface area contributed by atoms with Gasteiger partial charge in [0.15, 0.2) is 0 Å². The molecule has 0 aliphatic heterocycles. The number of rotatable bonds is 3. The summed E-state index contributed by atoms with van der Waals surface area (Å²) in [7, 11) is 0. The first-order chi connectivity index (χ1) is 10.1. The molecule has 1 aromatic heterocycles. The van der Waals surface area contributed by atoms with Crippen LogP contribution in [0.2, 0.25) is 0 Å². The Morgan fingerprint density at radius 3 is 2.38 bits per heavy atom. The van der Waals surface area contributed by atoms with Crippen molar-refractivity contribution in [3.05, 3.63) is 35.6 Å². The van der Waals surface area contributed by atoms with Crippen LogP contribution in [0.25, 0.3) is 11.0 Å². The van der Waals surface area contributed by atoms with Gasteiger partial charge in [0, 0.05) is 5.39 Å². The summed E-state index contributed by atoms with van der Waals surface area (Å²) >= 11 is 0. The molecule has 0 spiro atoms. The fourth-order valence-corrected chi connectivity index (χ4v) is 3.73. The van der Waals surface area contributed by atoms with Crippen molar-refractivity contribution in [1.29, 1.82) is 0 Å². The van der Waals surface area contributed by atoms with Crippen LogP contribution < -0.4 is 0 Å². The van der Waals surface area contributed by atoms with Gasteiger partial charge < -0.3 is 9.52 Å². The molecule has 1 atom stereocenters. The van der Waals surface area contributed by atoms with Crippen LogP contribution >= 0.6 is 0 Å². The molecule has 2 aromatic rings. The zero-order chi connectivity index (χ0) is 15.0. The van der Waals surface area contributed by atoms with Crippen molar-refractivity contribution in [2.45, 2.75) is 52.6 Å². The summed E-state index contributed by atoms with van der Waals surface area (Å²) in [5.41, 5.74) is 2.05. The lowest BCUT2D eigenvalue weighted by Gasteiger charge is -2.32. The predicted octanol–water partition coefficient (Wildman–Crippen LogP) is 5.24. The smallest absolute Gasteiger partial charge is 0.137 e. The molecule has 2 heteroatoms. The lowest BCUT2D eigenvalue weighted by molar-refractivity contribution is 0.0515. The van der Waals surface area contributed by atoms with Crippen molar-refractivity contribution in [3.8, 4) is 0 Å². The van der Waals surface area contributed by atoms with Gasteiger partial charge in [-0.05, 0) is 62.0 Å². The summed E-state index contributed by atoms with van der Waals surface area (Å²) < 4.78 is 5.94. The molecule has 1 heterocycles. The Morgan fingerprint density at radius 2 is 1.76 bits per heavy atom. The van der Waals surface area contributed by atoms with Gasteiger partial charge in [-0.2, -0.15) is 0 Å². The van der Waals surface area contributed by atoms with Gasteiger partial charge in [-0.1, -0.05) is 32.0 Å². The molecule has 0 saturated heterocycles. The number of para-hydroxylation sites is 1. The van der Waals surface area contributed by atoms with Gasteiger partial charge in [-0.3, -0.25) is 0 Å². The Bertz CT molecular complexity index is 603. The largest absolute Gasteiger partial charge is 0.458 e. The molecular formula is C19H26O2. The number of fused-ring (bicyclic) bond motifs is 1. The molecule has 1 saturated carbocycles. The number of aryl methyl sites for hydroxylation is 1. The standard InChI is InChI=1S/C19H26O2/c1-12(2)14-7-9-15(10-8-14)18(20)17-11-16-6-4-5-13(3)19(16)21-17/h4-6,11-12,14-15,18,20H,7-10H2,1-3H3. The van der Waals surface area contributed by atoms with Gasteiger partial charge in [0.1, 0.15) is 17.4 Å². The molecule has 0 amide bonds. The highest BCUT2D eigenvalue weighted by Crippen LogP contribution is 2.40. The monoisotopic (exact) mass is 286 g/mol. The summed E-state index contributed by atoms with van der Waals surface area (Å²) in [6.07, 6.45) is 4.24. The van der Waals surface area contributed by atoms with Crippen molar-refractivity contribution in [2.24, 2.45) is 17.8 Å². The van der Waals surface area contributed by atoms with E-state index in [9.17, 15) is 5.11 Å². The molecule has 0 radical (unpaired) electrons. The molecule has 3 rings (SSSR count). The van der Waals surface area contributed by atoms with Gasteiger partial charge >= 0.3 is 0 Å². The van der Waals surface area contributed by atoms with E-state index in [2.05, 4.69) is 32.9 Å². The minimum absolute atomic E-state index is 0.348. The molecule has 21 heavy (non-hydrogen) atoms. The zero-order valence-electron chi connectivity index (χ0n) is 13.3. The number of hydrogen-bond acceptors (Lipinski definition) is 2. The van der Waals surface area contributed by atoms with E-state index in [1.54, 1.807) is 0 Å². The molecule has 1 fully saturated rings. The summed E-state index contributed by atoms with van der Waals surface area (Å²) in [4.78, 5) is 0. The predicted molar refractivity (Wildman–Crippen MR) is 86.2 cm³/mol. The van der Waals surface area contributed by atoms with E-state index in [1.807, 2.05) is 12.1 Å². The molecule has 1 aliphatic rings. The number of furan rings is 1. The molecule has 1 N–H and O–H groups in total. The highest BCUT2D eigenvalue weighted by molar-refractivity contribution is 5.80. The Labute approximate surface area is 127 Å². The lowest BCUT2D eigenvalue weighted by atomic mass is 9.75. The minimum Gasteiger partial charge on any atom is -0.458 e. The molecule has 1 aromatic carbocycles. The van der Waals surface area contributed by atoms with E-state index < -0.39 is 6.10 Å². The minimum atomic E-state index is -0.454. The molecule has 2 nitrogen and oxygen atoms in total. The summed E-state index contributed by atoms with van der Waals surface area (Å²) in [6.45, 7) is 6.67. The highest BCUT2D eigenvalue weighted by Gasteiger charge is 2.30. The average Bonchev–Trinajstić information content (AvgIpc) is 2.92. The van der Waals surface area contributed by atoms with Gasteiger partial charge in [0.05, 0.1) is 0 Å². The third-order valence-corrected chi connectivity index (χ3v) is 5.26. The molecule has 1 unspecified atom stereocenters. The number of aliphatic hydroxyl groups is 1. The number of aliphatic hydroxyl groups excluding tert-OH is 1. The van der Waals surface area contributed by atoms with Crippen LogP contribution in [0, 0.1) is 24.7 Å². The van der Waals surface area contributed by atoms with E-state index in [4.69, 9.17) is 4.42 Å². The van der Waals surface area contributed by atoms with Crippen LogP contribution in [0.5, 0.6) is 0 Å². The van der Waals surface area contributed by atoms with E-state index in [-0.39, 0.29) is 0 Å². The Balaban J connectivity index is 1.75. The van der Waals surface area contributed by atoms with Crippen LogP contribution in [0.3, 0.4) is 0 Å². The quantitative estimate of drug-likeness (QED) is 0.837. The highest BCUT2D eigenvalue weighted by atomic mass is 16.4. The number of benzene rings is 1. The van der Waals surface area contributed by atoms with Crippen molar-refractivity contribution in [1.82, 2.24) is 0 Å². The van der Waals surface area contributed by atoms with Gasteiger partial charge in [0.25, 0.3) is 0 Å². The first-order valence-electron chi connectivity index (χ1n) is 8.23. The second kappa shape index (κ2) is 5.84. The SMILES string of the molecule is Cc1cccc2cc(C(O)C3CCC(C(C)C)CC3)oc12. The summed E-state index contributed by atoms with van der Waals surface area (Å²) in [5.74, 6) is 2.68. The topological polar surface area (TPSA) is 33.4 Å². The second-order valence-corrected chi connectivity index (χ2v) is 7.01. The first kappa shape index (κ1) is 14.6. The van der Waals surface area contributed by atoms with Crippen LogP contribution in [0.4, 0.5) is 0 Å². The third-order valence-electron chi connectivity index (χ3n) is 5.26. The molecule has 114 valence electrons. The fraction of sp³-hybridized carbons (Fsp3) is 0.579. The van der Waals surface area contributed by atoms with Gasteiger partial charge in [0.2, 0.25) is 0 Å². The Kier molecular flexibility index (Phi) is 4.08. The average molecular weight is 286 g/mol. The number of hydrogen-bond donors (Lipinski definition) is 1. The van der Waals surface area contributed by atoms with E-state index in [1.165, 1.54) is 12.8 Å². The third kappa shape index (κ3) is 2.87. The maximum absolute atomic E-state index is 10.7. The summed E-state index contributed by atoms with van der Waals surface area (Å²) in [5, 5.41) is 11.8. The van der Waals surface area contributed by atoms with Crippen LogP contribution in [0.1, 0.15) is 57.0 Å². The van der Waals surface area contributed by atoms with Crippen molar-refractivity contribution in [2.75, 3.05) is 0 Å². The van der Waals surface area contributed by atoms with Crippen molar-refractivity contribution < 1.29 is 9.52 Å². The normalized spacial score (nSPS) is 24.6. The maximum atomic E-state index is 10.7. The first-order valence-corrected chi connectivity index (χ1v) is 8.23. The Morgan fingerprint density at radius 1 is 1.10 bits per heavy atom. The van der Waals surface area contributed by atoms with Crippen molar-refractivity contribution >= 4 is 11.0 Å². The zero-order valence-corrected chi connectivity index (χ0v) is 13.3. The maximum Gasteiger partial charge on any atom is 0.137 e. The van der Waals surface area contributed by atoms with Crippen molar-refractivity contribution in [3.63, 3.8) is 0 Å². The van der Waals surface area contributed by atoms with Gasteiger partial charge in [-0.15, -0.1) is 0 Å². The van der Waals surface area contributed by atoms with Gasteiger partial charge in [-0.25, -0.2) is 0 Å². The van der Waals surface area contributed by atoms with Crippen LogP contribution in [-0.4, -0.2) is 5.11 Å². The fourth-order valence-electron chi connectivity index (χ4n) is 3.73. The second-order valence-electron chi connectivity index (χ2n) is 7.01. The molecule has 0 bridgehead atoms. The molecule has 1 aliphatic carbocycles. The van der Waals surface area contributed by atoms with E-state index in [0.717, 1.165) is 47.0 Å². The van der Waals surface area contributed by atoms with E-state index in [0.29, 0.717) is 5.92 Å². The summed E-state index contributed by atoms with van der Waals surface area (Å²) in [6, 6.07) is 8.16. The van der Waals surface area contributed by atoms with E-state index >= 15 is 0 Å². The van der Waals surface area contributed by atoms with Crippen LogP contribution in [0.15, 0.2) is 28.7 Å². The Hall–Kier alpha value is -1.28. The molecular weight excluding hydrogens is 260 g/mol. The van der Waals surface area contributed by atoms with Crippen LogP contribution in [-0.2, 0) is 0 Å². The lowest BCUT2D eigenvalue weighted by Crippen LogP contribution is -2.22.